The topological polar surface area (TPSA) is 71.0 Å². The summed E-state index contributed by atoms with van der Waals surface area (Å²) in [5.74, 6) is 1.18. The standard InChI is InChI=1S/C24H21N3O3/c28-23-13-6-14-27(23)20-9-5-8-19(16-20)24(29)26-25-17-18-7-4-12-22(15-18)30-21-10-2-1-3-11-21/h1-5,7-12,15-17H,6,13-14H2,(H,26,29). The number of hydrogen-bond acceptors (Lipinski definition) is 4. The lowest BCUT2D eigenvalue weighted by molar-refractivity contribution is -0.117. The molecule has 6 nitrogen and oxygen atoms in total. The molecule has 4 rings (SSSR count). The van der Waals surface area contributed by atoms with Crippen molar-refractivity contribution in [1.29, 1.82) is 0 Å². The third kappa shape index (κ3) is 4.72. The molecule has 3 aromatic carbocycles. The number of ether oxygens (including phenoxy) is 1. The lowest BCUT2D eigenvalue weighted by Gasteiger charge is -2.16. The Morgan fingerprint density at radius 2 is 1.77 bits per heavy atom. The van der Waals surface area contributed by atoms with Gasteiger partial charge in [-0.15, -0.1) is 0 Å². The highest BCUT2D eigenvalue weighted by Crippen LogP contribution is 2.23. The van der Waals surface area contributed by atoms with Gasteiger partial charge in [0.15, 0.2) is 0 Å². The average Bonchev–Trinajstić information content (AvgIpc) is 3.21. The van der Waals surface area contributed by atoms with Crippen molar-refractivity contribution >= 4 is 23.7 Å². The molecule has 0 aliphatic carbocycles. The first kappa shape index (κ1) is 19.4. The maximum absolute atomic E-state index is 12.4. The fraction of sp³-hybridized carbons (Fsp3) is 0.125. The number of rotatable bonds is 6. The number of nitrogens with zero attached hydrogens (tertiary/aromatic N) is 2. The highest BCUT2D eigenvalue weighted by molar-refractivity contribution is 5.99. The molecule has 0 aromatic heterocycles. The highest BCUT2D eigenvalue weighted by Gasteiger charge is 2.22. The van der Waals surface area contributed by atoms with E-state index >= 15 is 0 Å². The molecule has 0 unspecified atom stereocenters. The van der Waals surface area contributed by atoms with Gasteiger partial charge in [0.1, 0.15) is 11.5 Å². The molecule has 1 saturated heterocycles. The van der Waals surface area contributed by atoms with E-state index in [1.54, 1.807) is 29.3 Å². The predicted octanol–water partition coefficient (Wildman–Crippen LogP) is 4.37. The summed E-state index contributed by atoms with van der Waals surface area (Å²) in [4.78, 5) is 26.1. The predicted molar refractivity (Wildman–Crippen MR) is 116 cm³/mol. The summed E-state index contributed by atoms with van der Waals surface area (Å²) < 4.78 is 5.81. The van der Waals surface area contributed by atoms with Gasteiger partial charge in [-0.2, -0.15) is 5.10 Å². The summed E-state index contributed by atoms with van der Waals surface area (Å²) in [6, 6.07) is 23.9. The summed E-state index contributed by atoms with van der Waals surface area (Å²) in [6.07, 6.45) is 2.95. The molecule has 6 heteroatoms. The zero-order valence-electron chi connectivity index (χ0n) is 16.3. The van der Waals surface area contributed by atoms with Gasteiger partial charge in [-0.3, -0.25) is 9.59 Å². The Balaban J connectivity index is 1.39. The molecule has 1 fully saturated rings. The largest absolute Gasteiger partial charge is 0.457 e. The van der Waals surface area contributed by atoms with Gasteiger partial charge in [0.2, 0.25) is 5.91 Å². The van der Waals surface area contributed by atoms with Crippen molar-refractivity contribution in [3.63, 3.8) is 0 Å². The Morgan fingerprint density at radius 3 is 2.57 bits per heavy atom. The zero-order valence-corrected chi connectivity index (χ0v) is 16.3. The minimum atomic E-state index is -0.337. The van der Waals surface area contributed by atoms with Crippen molar-refractivity contribution < 1.29 is 14.3 Å². The van der Waals surface area contributed by atoms with Crippen molar-refractivity contribution in [2.45, 2.75) is 12.8 Å². The number of amides is 2. The Bertz CT molecular complexity index is 1080. The quantitative estimate of drug-likeness (QED) is 0.494. The fourth-order valence-corrected chi connectivity index (χ4v) is 3.25. The molecule has 1 aliphatic heterocycles. The lowest BCUT2D eigenvalue weighted by Crippen LogP contribution is -2.24. The van der Waals surface area contributed by atoms with Crippen LogP contribution in [-0.4, -0.2) is 24.6 Å². The molecule has 1 aliphatic rings. The molecule has 2 amide bonds. The molecule has 1 heterocycles. The smallest absolute Gasteiger partial charge is 0.271 e. The molecule has 0 atom stereocenters. The van der Waals surface area contributed by atoms with Crippen LogP contribution in [0.15, 0.2) is 84.0 Å². The van der Waals surface area contributed by atoms with E-state index in [0.717, 1.165) is 23.4 Å². The molecule has 150 valence electrons. The van der Waals surface area contributed by atoms with Gasteiger partial charge in [0.05, 0.1) is 6.21 Å². The van der Waals surface area contributed by atoms with Crippen molar-refractivity contribution in [2.75, 3.05) is 11.4 Å². The summed E-state index contributed by atoms with van der Waals surface area (Å²) in [5, 5.41) is 4.05. The molecule has 0 saturated carbocycles. The zero-order chi connectivity index (χ0) is 20.8. The van der Waals surface area contributed by atoms with Crippen molar-refractivity contribution in [1.82, 2.24) is 5.43 Å². The molecule has 0 bridgehead atoms. The Morgan fingerprint density at radius 1 is 0.967 bits per heavy atom. The Kier molecular flexibility index (Phi) is 5.85. The van der Waals surface area contributed by atoms with Crippen LogP contribution in [0.5, 0.6) is 11.5 Å². The first-order valence-electron chi connectivity index (χ1n) is 9.76. The molecule has 30 heavy (non-hydrogen) atoms. The fourth-order valence-electron chi connectivity index (χ4n) is 3.25. The first-order chi connectivity index (χ1) is 14.7. The van der Waals surface area contributed by atoms with E-state index in [1.165, 1.54) is 0 Å². The van der Waals surface area contributed by atoms with E-state index in [1.807, 2.05) is 60.7 Å². The number of carbonyl (C=O) groups excluding carboxylic acids is 2. The summed E-state index contributed by atoms with van der Waals surface area (Å²) >= 11 is 0. The molecule has 3 aromatic rings. The van der Waals surface area contributed by atoms with Crippen LogP contribution in [0.3, 0.4) is 0 Å². The van der Waals surface area contributed by atoms with Gasteiger partial charge < -0.3 is 9.64 Å². The number of benzene rings is 3. The lowest BCUT2D eigenvalue weighted by atomic mass is 10.2. The summed E-state index contributed by atoms with van der Waals surface area (Å²) in [6.45, 7) is 0.684. The number of nitrogens with one attached hydrogen (secondary N) is 1. The number of para-hydroxylation sites is 1. The Labute approximate surface area is 174 Å². The van der Waals surface area contributed by atoms with Crippen LogP contribution < -0.4 is 15.1 Å². The van der Waals surface area contributed by atoms with E-state index in [-0.39, 0.29) is 11.8 Å². The van der Waals surface area contributed by atoms with Crippen LogP contribution in [0.2, 0.25) is 0 Å². The van der Waals surface area contributed by atoms with E-state index in [0.29, 0.717) is 24.3 Å². The molecular formula is C24H21N3O3. The van der Waals surface area contributed by atoms with Gasteiger partial charge in [-0.1, -0.05) is 36.4 Å². The van der Waals surface area contributed by atoms with Gasteiger partial charge in [0, 0.05) is 24.2 Å². The van der Waals surface area contributed by atoms with E-state index in [2.05, 4.69) is 10.5 Å². The van der Waals surface area contributed by atoms with Crippen LogP contribution >= 0.6 is 0 Å². The van der Waals surface area contributed by atoms with Crippen molar-refractivity contribution in [3.05, 3.63) is 90.0 Å². The van der Waals surface area contributed by atoms with Crippen LogP contribution in [-0.2, 0) is 4.79 Å². The second-order valence-electron chi connectivity index (χ2n) is 6.89. The third-order valence-electron chi connectivity index (χ3n) is 4.71. The summed E-state index contributed by atoms with van der Waals surface area (Å²) in [5.41, 5.74) is 4.51. The number of carbonyl (C=O) groups is 2. The number of hydrazone groups is 1. The third-order valence-corrected chi connectivity index (χ3v) is 4.71. The average molecular weight is 399 g/mol. The van der Waals surface area contributed by atoms with Crippen molar-refractivity contribution in [3.8, 4) is 11.5 Å². The highest BCUT2D eigenvalue weighted by atomic mass is 16.5. The molecule has 0 radical (unpaired) electrons. The Hall–Kier alpha value is -3.93. The van der Waals surface area contributed by atoms with Gasteiger partial charge in [-0.25, -0.2) is 5.43 Å². The number of hydrogen-bond donors (Lipinski definition) is 1. The van der Waals surface area contributed by atoms with Crippen LogP contribution in [0.25, 0.3) is 0 Å². The van der Waals surface area contributed by atoms with E-state index in [9.17, 15) is 9.59 Å². The van der Waals surface area contributed by atoms with Crippen molar-refractivity contribution in [2.24, 2.45) is 5.10 Å². The van der Waals surface area contributed by atoms with Crippen LogP contribution in [0.1, 0.15) is 28.8 Å². The van der Waals surface area contributed by atoms with E-state index < -0.39 is 0 Å². The monoisotopic (exact) mass is 399 g/mol. The van der Waals surface area contributed by atoms with E-state index in [4.69, 9.17) is 4.74 Å². The SMILES string of the molecule is O=C(NN=Cc1cccc(Oc2ccccc2)c1)c1cccc(N2CCCC2=O)c1. The molecule has 0 spiro atoms. The number of anilines is 1. The van der Waals surface area contributed by atoms with Gasteiger partial charge in [-0.05, 0) is 54.4 Å². The maximum atomic E-state index is 12.4. The normalized spacial score (nSPS) is 13.6. The minimum Gasteiger partial charge on any atom is -0.457 e. The van der Waals surface area contributed by atoms with Gasteiger partial charge >= 0.3 is 0 Å². The second kappa shape index (κ2) is 9.05. The maximum Gasteiger partial charge on any atom is 0.271 e. The van der Waals surface area contributed by atoms with Crippen LogP contribution in [0.4, 0.5) is 5.69 Å². The molecular weight excluding hydrogens is 378 g/mol. The van der Waals surface area contributed by atoms with Crippen LogP contribution in [0, 0.1) is 0 Å². The van der Waals surface area contributed by atoms with Gasteiger partial charge in [0.25, 0.3) is 5.91 Å². The molecule has 1 N–H and O–H groups in total. The second-order valence-corrected chi connectivity index (χ2v) is 6.89. The summed E-state index contributed by atoms with van der Waals surface area (Å²) in [7, 11) is 0. The minimum absolute atomic E-state index is 0.0863. The first-order valence-corrected chi connectivity index (χ1v) is 9.76.